The molecule has 1 fully saturated rings. The van der Waals surface area contributed by atoms with Crippen LogP contribution in [0.25, 0.3) is 0 Å². The minimum Gasteiger partial charge on any atom is -0.393 e. The molecule has 0 atom stereocenters. The second kappa shape index (κ2) is 5.83. The molecule has 3 heteroatoms. The van der Waals surface area contributed by atoms with Gasteiger partial charge < -0.3 is 9.84 Å². The topological polar surface area (TPSA) is 41.5 Å². The zero-order chi connectivity index (χ0) is 11.3. The Labute approximate surface area is 93.2 Å². The molecule has 1 aliphatic rings. The predicted molar refractivity (Wildman–Crippen MR) is 61.7 cm³/mol. The molecular weight excluding hydrogens is 190 g/mol. The molecule has 0 amide bonds. The maximum absolute atomic E-state index is 9.35. The van der Waals surface area contributed by atoms with Gasteiger partial charge in [-0.15, -0.1) is 0 Å². The van der Waals surface area contributed by atoms with E-state index >= 15 is 0 Å². The van der Waals surface area contributed by atoms with Gasteiger partial charge in [0.25, 0.3) is 0 Å². The number of hydrogen-bond acceptors (Lipinski definition) is 3. The highest BCUT2D eigenvalue weighted by Gasteiger charge is 2.18. The van der Waals surface area contributed by atoms with E-state index in [1.54, 1.807) is 0 Å². The molecule has 15 heavy (non-hydrogen) atoms. The summed E-state index contributed by atoms with van der Waals surface area (Å²) in [6.45, 7) is 7.94. The van der Waals surface area contributed by atoms with Gasteiger partial charge in [-0.05, 0) is 31.1 Å². The van der Waals surface area contributed by atoms with Crippen molar-refractivity contribution in [2.45, 2.75) is 58.6 Å². The van der Waals surface area contributed by atoms with Crippen LogP contribution < -0.4 is 5.32 Å². The summed E-state index contributed by atoms with van der Waals surface area (Å²) in [5, 5.41) is 12.7. The van der Waals surface area contributed by atoms with Gasteiger partial charge in [-0.2, -0.15) is 0 Å². The highest BCUT2D eigenvalue weighted by molar-refractivity contribution is 4.75. The van der Waals surface area contributed by atoms with Crippen molar-refractivity contribution in [3.05, 3.63) is 0 Å². The Balaban J connectivity index is 2.01. The van der Waals surface area contributed by atoms with E-state index < -0.39 is 0 Å². The lowest BCUT2D eigenvalue weighted by Gasteiger charge is -2.27. The normalized spacial score (nSPS) is 28.0. The SMILES string of the molecule is CC(C)(C)COCNC1CCC(O)CC1. The number of nitrogens with one attached hydrogen (secondary N) is 1. The Bertz CT molecular complexity index is 169. The second-order valence-corrected chi connectivity index (χ2v) is 5.76. The number of hydrogen-bond donors (Lipinski definition) is 2. The van der Waals surface area contributed by atoms with Crippen molar-refractivity contribution in [1.82, 2.24) is 5.32 Å². The van der Waals surface area contributed by atoms with Crippen molar-refractivity contribution in [2.75, 3.05) is 13.3 Å². The summed E-state index contributed by atoms with van der Waals surface area (Å²) in [4.78, 5) is 0. The summed E-state index contributed by atoms with van der Waals surface area (Å²) in [6, 6.07) is 0.536. The molecule has 0 radical (unpaired) electrons. The van der Waals surface area contributed by atoms with Gasteiger partial charge in [0.05, 0.1) is 19.4 Å². The molecule has 1 rings (SSSR count). The quantitative estimate of drug-likeness (QED) is 0.556. The molecule has 0 saturated heterocycles. The number of aliphatic hydroxyl groups excluding tert-OH is 1. The Morgan fingerprint density at radius 2 is 1.80 bits per heavy atom. The van der Waals surface area contributed by atoms with E-state index in [1.165, 1.54) is 0 Å². The lowest BCUT2D eigenvalue weighted by molar-refractivity contribution is 0.0442. The number of aliphatic hydroxyl groups is 1. The van der Waals surface area contributed by atoms with Crippen molar-refractivity contribution >= 4 is 0 Å². The molecule has 0 spiro atoms. The minimum absolute atomic E-state index is 0.0708. The summed E-state index contributed by atoms with van der Waals surface area (Å²) in [7, 11) is 0. The average molecular weight is 215 g/mol. The highest BCUT2D eigenvalue weighted by atomic mass is 16.5. The van der Waals surface area contributed by atoms with Crippen LogP contribution in [0.1, 0.15) is 46.5 Å². The van der Waals surface area contributed by atoms with E-state index in [-0.39, 0.29) is 11.5 Å². The van der Waals surface area contributed by atoms with Crippen molar-refractivity contribution in [3.8, 4) is 0 Å². The molecular formula is C12H25NO2. The third-order valence-electron chi connectivity index (χ3n) is 2.71. The molecule has 0 aromatic carbocycles. The van der Waals surface area contributed by atoms with Crippen LogP contribution in [0.5, 0.6) is 0 Å². The Morgan fingerprint density at radius 1 is 1.20 bits per heavy atom. The molecule has 0 aromatic rings. The number of rotatable bonds is 4. The fraction of sp³-hybridized carbons (Fsp3) is 1.00. The van der Waals surface area contributed by atoms with Crippen LogP contribution in [0.15, 0.2) is 0 Å². The first-order valence-corrected chi connectivity index (χ1v) is 5.96. The van der Waals surface area contributed by atoms with Crippen LogP contribution in [-0.4, -0.2) is 30.6 Å². The molecule has 90 valence electrons. The van der Waals surface area contributed by atoms with Gasteiger partial charge in [-0.25, -0.2) is 0 Å². The molecule has 0 bridgehead atoms. The predicted octanol–water partition coefficient (Wildman–Crippen LogP) is 1.90. The summed E-state index contributed by atoms with van der Waals surface area (Å²) in [5.41, 5.74) is 0.241. The molecule has 3 nitrogen and oxygen atoms in total. The average Bonchev–Trinajstić information content (AvgIpc) is 2.14. The lowest BCUT2D eigenvalue weighted by Crippen LogP contribution is -2.36. The third kappa shape index (κ3) is 6.13. The molecule has 0 aromatic heterocycles. The van der Waals surface area contributed by atoms with E-state index in [2.05, 4.69) is 26.1 Å². The first-order valence-electron chi connectivity index (χ1n) is 5.96. The van der Waals surface area contributed by atoms with E-state index in [9.17, 15) is 5.11 Å². The Kier molecular flexibility index (Phi) is 5.03. The monoisotopic (exact) mass is 215 g/mol. The fourth-order valence-electron chi connectivity index (χ4n) is 1.81. The van der Waals surface area contributed by atoms with Crippen molar-refractivity contribution in [3.63, 3.8) is 0 Å². The van der Waals surface area contributed by atoms with Crippen LogP contribution in [0.4, 0.5) is 0 Å². The van der Waals surface area contributed by atoms with Gasteiger partial charge in [0.2, 0.25) is 0 Å². The summed E-state index contributed by atoms with van der Waals surface area (Å²) in [5.74, 6) is 0. The van der Waals surface area contributed by atoms with Crippen LogP contribution in [0.3, 0.4) is 0 Å². The van der Waals surface area contributed by atoms with Crippen molar-refractivity contribution in [2.24, 2.45) is 5.41 Å². The van der Waals surface area contributed by atoms with Crippen LogP contribution in [0, 0.1) is 5.41 Å². The molecule has 0 unspecified atom stereocenters. The summed E-state index contributed by atoms with van der Waals surface area (Å²) in [6.07, 6.45) is 3.92. The summed E-state index contributed by atoms with van der Waals surface area (Å²) < 4.78 is 5.55. The van der Waals surface area contributed by atoms with Crippen LogP contribution in [-0.2, 0) is 4.74 Å². The lowest BCUT2D eigenvalue weighted by atomic mass is 9.93. The zero-order valence-corrected chi connectivity index (χ0v) is 10.3. The van der Waals surface area contributed by atoms with Gasteiger partial charge >= 0.3 is 0 Å². The smallest absolute Gasteiger partial charge is 0.0967 e. The maximum atomic E-state index is 9.35. The van der Waals surface area contributed by atoms with Gasteiger partial charge in [0, 0.05) is 6.04 Å². The van der Waals surface area contributed by atoms with Crippen molar-refractivity contribution < 1.29 is 9.84 Å². The van der Waals surface area contributed by atoms with Crippen LogP contribution >= 0.6 is 0 Å². The Hall–Kier alpha value is -0.120. The zero-order valence-electron chi connectivity index (χ0n) is 10.3. The fourth-order valence-corrected chi connectivity index (χ4v) is 1.81. The number of ether oxygens (including phenoxy) is 1. The van der Waals surface area contributed by atoms with Crippen molar-refractivity contribution in [1.29, 1.82) is 0 Å². The van der Waals surface area contributed by atoms with E-state index in [4.69, 9.17) is 4.74 Å². The Morgan fingerprint density at radius 3 is 2.33 bits per heavy atom. The first kappa shape index (κ1) is 12.9. The standard InChI is InChI=1S/C12H25NO2/c1-12(2,3)8-15-9-13-10-4-6-11(14)7-5-10/h10-11,13-14H,4-9H2,1-3H3. The van der Waals surface area contributed by atoms with Gasteiger partial charge in [-0.1, -0.05) is 20.8 Å². The highest BCUT2D eigenvalue weighted by Crippen LogP contribution is 2.18. The van der Waals surface area contributed by atoms with E-state index in [0.29, 0.717) is 12.8 Å². The van der Waals surface area contributed by atoms with Gasteiger partial charge in [0.15, 0.2) is 0 Å². The largest absolute Gasteiger partial charge is 0.393 e. The maximum Gasteiger partial charge on any atom is 0.0967 e. The van der Waals surface area contributed by atoms with E-state index in [1.807, 2.05) is 0 Å². The first-order chi connectivity index (χ1) is 6.97. The van der Waals surface area contributed by atoms with Crippen LogP contribution in [0.2, 0.25) is 0 Å². The molecule has 0 aliphatic heterocycles. The second-order valence-electron chi connectivity index (χ2n) is 5.76. The molecule has 0 heterocycles. The molecule has 1 aliphatic carbocycles. The minimum atomic E-state index is -0.0708. The third-order valence-corrected chi connectivity index (χ3v) is 2.71. The molecule has 2 N–H and O–H groups in total. The van der Waals surface area contributed by atoms with Gasteiger partial charge in [-0.3, -0.25) is 5.32 Å². The van der Waals surface area contributed by atoms with E-state index in [0.717, 1.165) is 32.3 Å². The summed E-state index contributed by atoms with van der Waals surface area (Å²) >= 11 is 0. The van der Waals surface area contributed by atoms with Gasteiger partial charge in [0.1, 0.15) is 0 Å². The molecule has 1 saturated carbocycles.